The topological polar surface area (TPSA) is 32.3 Å². The second kappa shape index (κ2) is 6.92. The van der Waals surface area contributed by atoms with Gasteiger partial charge >= 0.3 is 0 Å². The maximum Gasteiger partial charge on any atom is 0.0319 e. The van der Waals surface area contributed by atoms with Crippen LogP contribution in [0.25, 0.3) is 0 Å². The summed E-state index contributed by atoms with van der Waals surface area (Å²) in [6.07, 6.45) is 4.22. The van der Waals surface area contributed by atoms with Gasteiger partial charge in [0.15, 0.2) is 0 Å². The Bertz CT molecular complexity index is 24.0. The Morgan fingerprint density at radius 1 is 1.00 bits per heavy atom. The minimum absolute atomic E-state index is 1.00. The lowest BCUT2D eigenvalue weighted by Gasteiger charge is -2.08. The highest BCUT2D eigenvalue weighted by Gasteiger charge is 1.93. The fourth-order valence-electron chi connectivity index (χ4n) is 0.802. The first-order valence-electron chi connectivity index (χ1n) is 3.15. The Kier molecular flexibility index (Phi) is 6.85. The Labute approximate surface area is 50.9 Å². The number of aliphatic hydroxyl groups is 1. The summed E-state index contributed by atoms with van der Waals surface area (Å²) in [6, 6.07) is 0. The van der Waals surface area contributed by atoms with E-state index in [4.69, 9.17) is 5.11 Å². The van der Waals surface area contributed by atoms with Crippen LogP contribution in [-0.2, 0) is 0 Å². The lowest BCUT2D eigenvalue weighted by atomic mass is 10.2. The molecule has 0 unspecified atom stereocenters. The van der Waals surface area contributed by atoms with Crippen LogP contribution in [0.1, 0.15) is 19.3 Å². The number of nitrogens with one attached hydrogen (secondary N) is 1. The van der Waals surface area contributed by atoms with E-state index in [1.165, 1.54) is 32.4 Å². The number of hydrogen-bond acceptors (Lipinski definition) is 2. The predicted octanol–water partition coefficient (Wildman–Crippen LogP) is 0.368. The van der Waals surface area contributed by atoms with Crippen LogP contribution in [0.2, 0.25) is 0 Å². The van der Waals surface area contributed by atoms with E-state index >= 15 is 0 Å². The number of rotatable bonds is 0. The molecule has 8 heavy (non-hydrogen) atoms. The fourth-order valence-corrected chi connectivity index (χ4v) is 0.802. The summed E-state index contributed by atoms with van der Waals surface area (Å²) in [5.41, 5.74) is 0. The SMILES string of the molecule is C1CCNCC1.CO. The first kappa shape index (κ1) is 7.92. The van der Waals surface area contributed by atoms with Crippen LogP contribution in [0.15, 0.2) is 0 Å². The average Bonchev–Trinajstić information content (AvgIpc) is 1.96. The van der Waals surface area contributed by atoms with Gasteiger partial charge in [-0.05, 0) is 25.9 Å². The highest BCUT2D eigenvalue weighted by Crippen LogP contribution is 1.96. The quantitative estimate of drug-likeness (QED) is 0.480. The van der Waals surface area contributed by atoms with Crippen molar-refractivity contribution in [2.45, 2.75) is 19.3 Å². The molecule has 1 fully saturated rings. The maximum absolute atomic E-state index is 7.00. The zero-order chi connectivity index (χ0) is 6.24. The maximum atomic E-state index is 7.00. The third kappa shape index (κ3) is 4.09. The fraction of sp³-hybridized carbons (Fsp3) is 1.00. The van der Waals surface area contributed by atoms with Gasteiger partial charge in [-0.1, -0.05) is 6.42 Å². The summed E-state index contributed by atoms with van der Waals surface area (Å²) < 4.78 is 0. The zero-order valence-corrected chi connectivity index (χ0v) is 5.48. The van der Waals surface area contributed by atoms with E-state index in [1.807, 2.05) is 0 Å². The monoisotopic (exact) mass is 117 g/mol. The molecule has 1 rings (SSSR count). The molecular weight excluding hydrogens is 102 g/mol. The van der Waals surface area contributed by atoms with Crippen LogP contribution in [0, 0.1) is 0 Å². The van der Waals surface area contributed by atoms with Crippen LogP contribution in [0.4, 0.5) is 0 Å². The van der Waals surface area contributed by atoms with Gasteiger partial charge in [0.1, 0.15) is 0 Å². The van der Waals surface area contributed by atoms with Crippen molar-refractivity contribution in [1.82, 2.24) is 5.32 Å². The standard InChI is InChI=1S/C5H11N.CH4O/c1-2-4-6-5-3-1;1-2/h6H,1-5H2;2H,1H3. The molecule has 0 bridgehead atoms. The molecule has 50 valence electrons. The Hall–Kier alpha value is -0.0800. The van der Waals surface area contributed by atoms with Crippen LogP contribution in [0.5, 0.6) is 0 Å². The molecule has 0 aromatic carbocycles. The van der Waals surface area contributed by atoms with E-state index in [9.17, 15) is 0 Å². The van der Waals surface area contributed by atoms with Gasteiger partial charge in [-0.3, -0.25) is 0 Å². The average molecular weight is 117 g/mol. The summed E-state index contributed by atoms with van der Waals surface area (Å²) in [5, 5.41) is 10.3. The molecule has 2 nitrogen and oxygen atoms in total. The molecule has 1 saturated heterocycles. The van der Waals surface area contributed by atoms with Crippen molar-refractivity contribution in [2.75, 3.05) is 20.2 Å². The van der Waals surface area contributed by atoms with Gasteiger partial charge in [-0.25, -0.2) is 0 Å². The van der Waals surface area contributed by atoms with Crippen molar-refractivity contribution < 1.29 is 5.11 Å². The number of hydrogen-bond donors (Lipinski definition) is 2. The highest BCUT2D eigenvalue weighted by molar-refractivity contribution is 4.55. The first-order valence-corrected chi connectivity index (χ1v) is 3.15. The first-order chi connectivity index (χ1) is 4.00. The number of piperidine rings is 1. The summed E-state index contributed by atoms with van der Waals surface area (Å²) in [6.45, 7) is 2.50. The van der Waals surface area contributed by atoms with Gasteiger partial charge in [0, 0.05) is 7.11 Å². The van der Waals surface area contributed by atoms with E-state index < -0.39 is 0 Å². The lowest BCUT2D eigenvalue weighted by molar-refractivity contribution is 0.399. The Morgan fingerprint density at radius 2 is 1.50 bits per heavy atom. The molecule has 2 heteroatoms. The largest absolute Gasteiger partial charge is 0.400 e. The molecule has 0 aromatic rings. The summed E-state index contributed by atoms with van der Waals surface area (Å²) in [7, 11) is 1.00. The second-order valence-electron chi connectivity index (χ2n) is 1.81. The molecule has 1 heterocycles. The van der Waals surface area contributed by atoms with Crippen molar-refractivity contribution in [3.63, 3.8) is 0 Å². The van der Waals surface area contributed by atoms with Crippen LogP contribution < -0.4 is 5.32 Å². The van der Waals surface area contributed by atoms with Crippen molar-refractivity contribution >= 4 is 0 Å². The van der Waals surface area contributed by atoms with E-state index in [-0.39, 0.29) is 0 Å². The third-order valence-corrected chi connectivity index (χ3v) is 1.21. The Balaban J connectivity index is 0.000000222. The van der Waals surface area contributed by atoms with Crippen molar-refractivity contribution in [1.29, 1.82) is 0 Å². The van der Waals surface area contributed by atoms with E-state index in [0.717, 1.165) is 7.11 Å². The smallest absolute Gasteiger partial charge is 0.0319 e. The minimum atomic E-state index is 1.00. The van der Waals surface area contributed by atoms with Gasteiger partial charge in [-0.2, -0.15) is 0 Å². The van der Waals surface area contributed by atoms with Crippen LogP contribution in [0.3, 0.4) is 0 Å². The van der Waals surface area contributed by atoms with Gasteiger partial charge in [0.25, 0.3) is 0 Å². The molecule has 0 atom stereocenters. The molecule has 0 radical (unpaired) electrons. The van der Waals surface area contributed by atoms with E-state index in [1.54, 1.807) is 0 Å². The third-order valence-electron chi connectivity index (χ3n) is 1.21. The molecule has 0 aliphatic carbocycles. The molecule has 0 aromatic heterocycles. The van der Waals surface area contributed by atoms with Gasteiger partial charge in [-0.15, -0.1) is 0 Å². The Morgan fingerprint density at radius 3 is 1.62 bits per heavy atom. The normalized spacial score (nSPS) is 18.8. The molecular formula is C6H15NO. The number of aliphatic hydroxyl groups excluding tert-OH is 1. The van der Waals surface area contributed by atoms with Gasteiger partial charge in [0.2, 0.25) is 0 Å². The van der Waals surface area contributed by atoms with Crippen molar-refractivity contribution in [2.24, 2.45) is 0 Å². The second-order valence-corrected chi connectivity index (χ2v) is 1.81. The summed E-state index contributed by atoms with van der Waals surface area (Å²) in [4.78, 5) is 0. The molecule has 1 aliphatic heterocycles. The van der Waals surface area contributed by atoms with Crippen LogP contribution in [-0.4, -0.2) is 25.3 Å². The van der Waals surface area contributed by atoms with Crippen molar-refractivity contribution in [3.05, 3.63) is 0 Å². The molecule has 2 N–H and O–H groups in total. The zero-order valence-electron chi connectivity index (χ0n) is 5.48. The van der Waals surface area contributed by atoms with E-state index in [2.05, 4.69) is 5.32 Å². The highest BCUT2D eigenvalue weighted by atomic mass is 16.2. The lowest BCUT2D eigenvalue weighted by Crippen LogP contribution is -2.21. The van der Waals surface area contributed by atoms with Crippen LogP contribution >= 0.6 is 0 Å². The predicted molar refractivity (Wildman–Crippen MR) is 34.9 cm³/mol. The molecule has 0 amide bonds. The summed E-state index contributed by atoms with van der Waals surface area (Å²) in [5.74, 6) is 0. The van der Waals surface area contributed by atoms with Crippen molar-refractivity contribution in [3.8, 4) is 0 Å². The molecule has 0 saturated carbocycles. The molecule has 0 spiro atoms. The molecule has 1 aliphatic rings. The van der Waals surface area contributed by atoms with E-state index in [0.29, 0.717) is 0 Å². The van der Waals surface area contributed by atoms with Gasteiger partial charge < -0.3 is 10.4 Å². The summed E-state index contributed by atoms with van der Waals surface area (Å²) >= 11 is 0. The minimum Gasteiger partial charge on any atom is -0.400 e. The van der Waals surface area contributed by atoms with Gasteiger partial charge in [0.05, 0.1) is 0 Å².